The second-order valence-corrected chi connectivity index (χ2v) is 12.2. The monoisotopic (exact) mass is 645 g/mol. The van der Waals surface area contributed by atoms with Gasteiger partial charge in [0, 0.05) is 17.0 Å². The fourth-order valence-corrected chi connectivity index (χ4v) is 6.97. The Hall–Kier alpha value is -5.10. The van der Waals surface area contributed by atoms with E-state index in [4.69, 9.17) is 4.74 Å². The quantitative estimate of drug-likeness (QED) is 0.180. The molecule has 11 heteroatoms. The van der Waals surface area contributed by atoms with Gasteiger partial charge in [-0.25, -0.2) is 0 Å². The molecule has 9 nitrogen and oxygen atoms in total. The van der Waals surface area contributed by atoms with Crippen LogP contribution >= 0.6 is 11.8 Å². The van der Waals surface area contributed by atoms with Crippen molar-refractivity contribution in [1.82, 2.24) is 10.6 Å². The number of carbonyl (C=O) groups is 3. The predicted octanol–water partition coefficient (Wildman–Crippen LogP) is 3.82. The number of fused-ring (bicyclic) bond motifs is 2. The number of rotatable bonds is 9. The van der Waals surface area contributed by atoms with Crippen molar-refractivity contribution >= 4 is 58.5 Å². The van der Waals surface area contributed by atoms with Crippen molar-refractivity contribution in [3.63, 3.8) is 0 Å². The van der Waals surface area contributed by atoms with Gasteiger partial charge < -0.3 is 30.3 Å². The van der Waals surface area contributed by atoms with E-state index in [1.165, 1.54) is 40.9 Å². The van der Waals surface area contributed by atoms with Crippen molar-refractivity contribution in [1.29, 1.82) is 0 Å². The number of ether oxygens (including phenoxy) is 1. The SMILES string of the molecule is COc1ccc([C@H]2Sc3ccccc3N(CC(=O)NCc3cccc4ccccc34)C(=O)[C@@H]2NC(=O)c2ccc(B(O)O)cc2)cc1. The maximum Gasteiger partial charge on any atom is 0.488 e. The summed E-state index contributed by atoms with van der Waals surface area (Å²) in [5.74, 6) is -0.667. The lowest BCUT2D eigenvalue weighted by Gasteiger charge is -2.28. The zero-order valence-electron chi connectivity index (χ0n) is 25.5. The van der Waals surface area contributed by atoms with Crippen molar-refractivity contribution in [3.8, 4) is 5.75 Å². The molecule has 5 aromatic carbocycles. The molecular weight excluding hydrogens is 613 g/mol. The van der Waals surface area contributed by atoms with Gasteiger partial charge in [0.15, 0.2) is 0 Å². The van der Waals surface area contributed by atoms with Gasteiger partial charge in [0.05, 0.1) is 18.0 Å². The number of anilines is 1. The lowest BCUT2D eigenvalue weighted by molar-refractivity contribution is -0.124. The molecule has 2 atom stereocenters. The molecule has 0 aromatic heterocycles. The van der Waals surface area contributed by atoms with Crippen LogP contribution in [0.15, 0.2) is 120 Å². The van der Waals surface area contributed by atoms with Crippen molar-refractivity contribution in [2.24, 2.45) is 0 Å². The topological polar surface area (TPSA) is 128 Å². The van der Waals surface area contributed by atoms with Gasteiger partial charge in [-0.3, -0.25) is 14.4 Å². The molecule has 0 saturated carbocycles. The summed E-state index contributed by atoms with van der Waals surface area (Å²) < 4.78 is 5.34. The zero-order chi connectivity index (χ0) is 32.9. The largest absolute Gasteiger partial charge is 0.497 e. The first kappa shape index (κ1) is 31.9. The lowest BCUT2D eigenvalue weighted by atomic mass is 9.80. The van der Waals surface area contributed by atoms with E-state index in [-0.39, 0.29) is 30.0 Å². The van der Waals surface area contributed by atoms with E-state index in [0.29, 0.717) is 11.4 Å². The van der Waals surface area contributed by atoms with E-state index in [1.807, 2.05) is 72.8 Å². The number of carbonyl (C=O) groups excluding carboxylic acids is 3. The van der Waals surface area contributed by atoms with Crippen LogP contribution in [0.4, 0.5) is 5.69 Å². The molecule has 47 heavy (non-hydrogen) atoms. The van der Waals surface area contributed by atoms with Gasteiger partial charge in [0.25, 0.3) is 11.8 Å². The Morgan fingerprint density at radius 3 is 2.32 bits per heavy atom. The highest BCUT2D eigenvalue weighted by Gasteiger charge is 2.40. The number of hydrogen-bond donors (Lipinski definition) is 4. The smallest absolute Gasteiger partial charge is 0.488 e. The summed E-state index contributed by atoms with van der Waals surface area (Å²) in [6, 6.07) is 33.3. The number of benzene rings is 5. The highest BCUT2D eigenvalue weighted by molar-refractivity contribution is 7.99. The first-order valence-electron chi connectivity index (χ1n) is 15.0. The molecule has 236 valence electrons. The Kier molecular flexibility index (Phi) is 9.58. The normalized spacial score (nSPS) is 15.8. The minimum absolute atomic E-state index is 0.231. The molecule has 6 rings (SSSR count). The molecule has 1 heterocycles. The number of nitrogens with zero attached hydrogens (tertiary/aromatic N) is 1. The van der Waals surface area contributed by atoms with E-state index in [2.05, 4.69) is 10.6 Å². The first-order valence-corrected chi connectivity index (χ1v) is 15.9. The average molecular weight is 646 g/mol. The molecule has 0 saturated heterocycles. The van der Waals surface area contributed by atoms with Gasteiger partial charge in [0.1, 0.15) is 18.3 Å². The third kappa shape index (κ3) is 7.02. The molecule has 5 aromatic rings. The third-order valence-corrected chi connectivity index (χ3v) is 9.50. The average Bonchev–Trinajstić information content (AvgIpc) is 3.21. The van der Waals surface area contributed by atoms with Crippen LogP contribution < -0.4 is 25.7 Å². The van der Waals surface area contributed by atoms with Crippen LogP contribution in [0.5, 0.6) is 5.75 Å². The molecule has 4 N–H and O–H groups in total. The molecule has 1 aliphatic rings. The van der Waals surface area contributed by atoms with Crippen LogP contribution in [0, 0.1) is 0 Å². The highest BCUT2D eigenvalue weighted by atomic mass is 32.2. The first-order chi connectivity index (χ1) is 22.8. The van der Waals surface area contributed by atoms with E-state index in [9.17, 15) is 24.4 Å². The van der Waals surface area contributed by atoms with Crippen LogP contribution in [0.1, 0.15) is 26.7 Å². The van der Waals surface area contributed by atoms with Crippen LogP contribution in [0.2, 0.25) is 0 Å². The standard InChI is InChI=1S/C36H32BN3O6S/c1-46-28-19-15-24(16-20-28)34-33(39-35(42)25-13-17-27(18-14-25)37(44)45)36(43)40(30-11-4-5-12-31(30)47-34)22-32(41)38-21-26-9-6-8-23-7-2-3-10-29(23)26/h2-20,33-34,44-45H,21-22H2,1H3,(H,38,41)(H,39,42)/t33-,34-/m1/s1. The van der Waals surface area contributed by atoms with Crippen LogP contribution in [-0.2, 0) is 16.1 Å². The Morgan fingerprint density at radius 2 is 1.57 bits per heavy atom. The van der Waals surface area contributed by atoms with Gasteiger partial charge in [-0.05, 0) is 63.8 Å². The third-order valence-electron chi connectivity index (χ3n) is 8.10. The minimum atomic E-state index is -1.68. The second kappa shape index (κ2) is 14.1. The Balaban J connectivity index is 1.31. The van der Waals surface area contributed by atoms with Crippen molar-refractivity contribution < 1.29 is 29.2 Å². The molecule has 0 aliphatic carbocycles. The fraction of sp³-hybridized carbons (Fsp3) is 0.139. The summed E-state index contributed by atoms with van der Waals surface area (Å²) >= 11 is 1.43. The fourth-order valence-electron chi connectivity index (χ4n) is 5.63. The maximum absolute atomic E-state index is 14.5. The van der Waals surface area contributed by atoms with Gasteiger partial charge in [-0.1, -0.05) is 78.9 Å². The van der Waals surface area contributed by atoms with Crippen LogP contribution in [-0.4, -0.2) is 54.6 Å². The van der Waals surface area contributed by atoms with Crippen LogP contribution in [0.25, 0.3) is 10.8 Å². The lowest BCUT2D eigenvalue weighted by Crippen LogP contribution is -2.52. The van der Waals surface area contributed by atoms with Crippen molar-refractivity contribution in [3.05, 3.63) is 132 Å². The van der Waals surface area contributed by atoms with E-state index >= 15 is 0 Å². The van der Waals surface area contributed by atoms with E-state index in [1.54, 1.807) is 25.3 Å². The van der Waals surface area contributed by atoms with Crippen LogP contribution in [0.3, 0.4) is 0 Å². The molecule has 3 amide bonds. The Bertz CT molecular complexity index is 1910. The predicted molar refractivity (Wildman–Crippen MR) is 184 cm³/mol. The highest BCUT2D eigenvalue weighted by Crippen LogP contribution is 2.46. The summed E-state index contributed by atoms with van der Waals surface area (Å²) in [6.07, 6.45) is 0. The Morgan fingerprint density at radius 1 is 0.872 bits per heavy atom. The van der Waals surface area contributed by atoms with E-state index < -0.39 is 30.2 Å². The van der Waals surface area contributed by atoms with Gasteiger partial charge >= 0.3 is 7.12 Å². The number of para-hydroxylation sites is 1. The molecular formula is C36H32BN3O6S. The molecule has 0 spiro atoms. The molecule has 0 bridgehead atoms. The summed E-state index contributed by atoms with van der Waals surface area (Å²) in [6.45, 7) is 0.0255. The molecule has 0 unspecified atom stereocenters. The second-order valence-electron chi connectivity index (χ2n) is 11.1. The zero-order valence-corrected chi connectivity index (χ0v) is 26.3. The minimum Gasteiger partial charge on any atom is -0.497 e. The van der Waals surface area contributed by atoms with Crippen molar-refractivity contribution in [2.75, 3.05) is 18.6 Å². The number of amides is 3. The van der Waals surface area contributed by atoms with Crippen molar-refractivity contribution in [2.45, 2.75) is 22.7 Å². The summed E-state index contributed by atoms with van der Waals surface area (Å²) in [4.78, 5) is 43.8. The molecule has 1 aliphatic heterocycles. The molecule has 0 radical (unpaired) electrons. The number of hydrogen-bond acceptors (Lipinski definition) is 7. The Labute approximate surface area is 276 Å². The number of nitrogens with one attached hydrogen (secondary N) is 2. The summed E-state index contributed by atoms with van der Waals surface area (Å²) in [7, 11) is -0.104. The number of methoxy groups -OCH3 is 1. The van der Waals surface area contributed by atoms with E-state index in [0.717, 1.165) is 26.8 Å². The van der Waals surface area contributed by atoms with Gasteiger partial charge in [0.2, 0.25) is 5.91 Å². The van der Waals surface area contributed by atoms with Gasteiger partial charge in [-0.2, -0.15) is 0 Å². The molecule has 0 fully saturated rings. The summed E-state index contributed by atoms with van der Waals surface area (Å²) in [5.41, 5.74) is 2.78. The van der Waals surface area contributed by atoms with Gasteiger partial charge in [-0.15, -0.1) is 11.8 Å². The number of thioether (sulfide) groups is 1. The maximum atomic E-state index is 14.5. The summed E-state index contributed by atoms with van der Waals surface area (Å²) in [5, 5.41) is 26.4.